The molecule has 0 unspecified atom stereocenters. The smallest absolute Gasteiger partial charge is 0.226 e. The fraction of sp³-hybridized carbons (Fsp3) is 0.278. The van der Waals surface area contributed by atoms with Crippen molar-refractivity contribution in [3.63, 3.8) is 0 Å². The third-order valence-electron chi connectivity index (χ3n) is 3.43. The van der Waals surface area contributed by atoms with E-state index in [2.05, 4.69) is 25.8 Å². The van der Waals surface area contributed by atoms with Crippen LogP contribution in [0.25, 0.3) is 11.5 Å². The first-order valence-corrected chi connectivity index (χ1v) is 8.19. The molecule has 2 heterocycles. The first-order valence-electron chi connectivity index (χ1n) is 8.19. The molecule has 2 aromatic heterocycles. The van der Waals surface area contributed by atoms with Crippen LogP contribution in [0.1, 0.15) is 24.1 Å². The van der Waals surface area contributed by atoms with Crippen LogP contribution in [-0.4, -0.2) is 22.6 Å². The lowest BCUT2D eigenvalue weighted by molar-refractivity contribution is 0.390. The summed E-state index contributed by atoms with van der Waals surface area (Å²) in [4.78, 5) is 9.00. The van der Waals surface area contributed by atoms with Crippen LogP contribution in [-0.2, 0) is 13.1 Å². The minimum atomic E-state index is 0.420. The molecule has 0 fully saturated rings. The molecule has 0 bridgehead atoms. The third-order valence-corrected chi connectivity index (χ3v) is 3.43. The number of hydrogen-bond acceptors (Lipinski definition) is 5. The standard InChI is InChI=1S/C18H21N5O2/c1-3-19-18(20-10-15-9-13(2)25-23-15)21-11-16-12-24-17(22-16)14-7-5-4-6-8-14/h4-9,12H,3,10-11H2,1-2H3,(H2,19,20,21). The molecule has 0 atom stereocenters. The Morgan fingerprint density at radius 1 is 1.16 bits per heavy atom. The molecule has 130 valence electrons. The van der Waals surface area contributed by atoms with Crippen molar-refractivity contribution in [1.29, 1.82) is 0 Å². The van der Waals surface area contributed by atoms with Crippen molar-refractivity contribution in [2.75, 3.05) is 6.54 Å². The van der Waals surface area contributed by atoms with Crippen LogP contribution < -0.4 is 10.6 Å². The summed E-state index contributed by atoms with van der Waals surface area (Å²) in [7, 11) is 0. The number of aryl methyl sites for hydroxylation is 1. The topological polar surface area (TPSA) is 88.5 Å². The normalized spacial score (nSPS) is 11.5. The molecular weight excluding hydrogens is 318 g/mol. The van der Waals surface area contributed by atoms with E-state index >= 15 is 0 Å². The fourth-order valence-electron chi connectivity index (χ4n) is 2.27. The molecule has 3 aromatic rings. The van der Waals surface area contributed by atoms with E-state index in [-0.39, 0.29) is 0 Å². The summed E-state index contributed by atoms with van der Waals surface area (Å²) < 4.78 is 10.6. The second kappa shape index (κ2) is 8.14. The first-order chi connectivity index (χ1) is 12.2. The van der Waals surface area contributed by atoms with Gasteiger partial charge < -0.3 is 19.6 Å². The first kappa shape index (κ1) is 16.8. The van der Waals surface area contributed by atoms with E-state index in [0.29, 0.717) is 24.9 Å². The predicted molar refractivity (Wildman–Crippen MR) is 94.8 cm³/mol. The van der Waals surface area contributed by atoms with Crippen molar-refractivity contribution in [1.82, 2.24) is 20.8 Å². The number of nitrogens with zero attached hydrogens (tertiary/aromatic N) is 3. The largest absolute Gasteiger partial charge is 0.444 e. The quantitative estimate of drug-likeness (QED) is 0.530. The summed E-state index contributed by atoms with van der Waals surface area (Å²) in [5, 5.41) is 10.4. The monoisotopic (exact) mass is 339 g/mol. The minimum absolute atomic E-state index is 0.420. The van der Waals surface area contributed by atoms with Gasteiger partial charge in [-0.1, -0.05) is 23.4 Å². The minimum Gasteiger partial charge on any atom is -0.444 e. The number of guanidine groups is 1. The molecule has 0 saturated carbocycles. The predicted octanol–water partition coefficient (Wildman–Crippen LogP) is 2.89. The number of hydrogen-bond donors (Lipinski definition) is 2. The Hall–Kier alpha value is -3.09. The summed E-state index contributed by atoms with van der Waals surface area (Å²) >= 11 is 0. The molecule has 7 nitrogen and oxygen atoms in total. The highest BCUT2D eigenvalue weighted by Crippen LogP contribution is 2.18. The summed E-state index contributed by atoms with van der Waals surface area (Å²) in [5.74, 6) is 2.07. The molecule has 2 N–H and O–H groups in total. The molecule has 0 amide bonds. The van der Waals surface area contributed by atoms with Crippen LogP contribution in [0.3, 0.4) is 0 Å². The lowest BCUT2D eigenvalue weighted by Gasteiger charge is -2.09. The zero-order valence-corrected chi connectivity index (χ0v) is 14.3. The Labute approximate surface area is 146 Å². The number of aliphatic imine (C=N–C) groups is 1. The van der Waals surface area contributed by atoms with Gasteiger partial charge >= 0.3 is 0 Å². The summed E-state index contributed by atoms with van der Waals surface area (Å²) in [6.07, 6.45) is 1.64. The lowest BCUT2D eigenvalue weighted by Crippen LogP contribution is -2.36. The van der Waals surface area contributed by atoms with E-state index in [1.165, 1.54) is 0 Å². The van der Waals surface area contributed by atoms with Gasteiger partial charge in [0, 0.05) is 18.2 Å². The van der Waals surface area contributed by atoms with E-state index < -0.39 is 0 Å². The van der Waals surface area contributed by atoms with Gasteiger partial charge in [0.25, 0.3) is 0 Å². The molecule has 1 aromatic carbocycles. The molecule has 3 rings (SSSR count). The molecule has 0 aliphatic rings. The number of aromatic nitrogens is 2. The van der Waals surface area contributed by atoms with E-state index in [1.54, 1.807) is 6.26 Å². The third kappa shape index (κ3) is 4.69. The molecule has 0 aliphatic heterocycles. The Kier molecular flexibility index (Phi) is 5.46. The molecule has 0 aliphatic carbocycles. The number of rotatable bonds is 6. The molecule has 0 saturated heterocycles. The van der Waals surface area contributed by atoms with Crippen molar-refractivity contribution in [3.05, 3.63) is 59.8 Å². The molecular formula is C18H21N5O2. The van der Waals surface area contributed by atoms with Crippen molar-refractivity contribution in [2.45, 2.75) is 26.9 Å². The fourth-order valence-corrected chi connectivity index (χ4v) is 2.27. The number of nitrogens with one attached hydrogen (secondary N) is 2. The Bertz CT molecular complexity index is 823. The Morgan fingerprint density at radius 2 is 2.00 bits per heavy atom. The highest BCUT2D eigenvalue weighted by atomic mass is 16.5. The van der Waals surface area contributed by atoms with Gasteiger partial charge in [-0.15, -0.1) is 0 Å². The molecule has 0 radical (unpaired) electrons. The Morgan fingerprint density at radius 3 is 2.72 bits per heavy atom. The van der Waals surface area contributed by atoms with Gasteiger partial charge in [-0.25, -0.2) is 9.98 Å². The molecule has 7 heteroatoms. The van der Waals surface area contributed by atoms with E-state index in [9.17, 15) is 0 Å². The maximum Gasteiger partial charge on any atom is 0.226 e. The van der Waals surface area contributed by atoms with Crippen LogP contribution in [0.5, 0.6) is 0 Å². The lowest BCUT2D eigenvalue weighted by atomic mass is 10.2. The van der Waals surface area contributed by atoms with Crippen LogP contribution in [0.15, 0.2) is 56.6 Å². The van der Waals surface area contributed by atoms with Crippen molar-refractivity contribution in [2.24, 2.45) is 4.99 Å². The average Bonchev–Trinajstić information content (AvgIpc) is 3.27. The highest BCUT2D eigenvalue weighted by molar-refractivity contribution is 5.79. The van der Waals surface area contributed by atoms with E-state index in [1.807, 2.05) is 50.2 Å². The van der Waals surface area contributed by atoms with Gasteiger partial charge in [0.15, 0.2) is 5.96 Å². The van der Waals surface area contributed by atoms with Gasteiger partial charge in [0.05, 0.1) is 13.1 Å². The zero-order valence-electron chi connectivity index (χ0n) is 14.3. The van der Waals surface area contributed by atoms with Crippen molar-refractivity contribution in [3.8, 4) is 11.5 Å². The molecule has 25 heavy (non-hydrogen) atoms. The Balaban J connectivity index is 1.62. The van der Waals surface area contributed by atoms with Crippen LogP contribution >= 0.6 is 0 Å². The van der Waals surface area contributed by atoms with Gasteiger partial charge in [-0.3, -0.25) is 0 Å². The van der Waals surface area contributed by atoms with Crippen LogP contribution in [0.4, 0.5) is 0 Å². The molecule has 0 spiro atoms. The van der Waals surface area contributed by atoms with E-state index in [4.69, 9.17) is 8.94 Å². The van der Waals surface area contributed by atoms with Crippen LogP contribution in [0.2, 0.25) is 0 Å². The zero-order chi connectivity index (χ0) is 17.5. The number of oxazole rings is 1. The van der Waals surface area contributed by atoms with E-state index in [0.717, 1.165) is 29.3 Å². The van der Waals surface area contributed by atoms with Crippen LogP contribution in [0, 0.1) is 6.92 Å². The SMILES string of the molecule is CCNC(=NCc1coc(-c2ccccc2)n1)NCc1cc(C)on1. The summed E-state index contributed by atoms with van der Waals surface area (Å²) in [6, 6.07) is 11.7. The van der Waals surface area contributed by atoms with Gasteiger partial charge in [-0.05, 0) is 26.0 Å². The average molecular weight is 339 g/mol. The summed E-state index contributed by atoms with van der Waals surface area (Å²) in [5.41, 5.74) is 2.55. The van der Waals surface area contributed by atoms with Gasteiger partial charge in [-0.2, -0.15) is 0 Å². The highest BCUT2D eigenvalue weighted by Gasteiger charge is 2.07. The second-order valence-corrected chi connectivity index (χ2v) is 5.49. The maximum absolute atomic E-state index is 5.53. The van der Waals surface area contributed by atoms with Gasteiger partial charge in [0.2, 0.25) is 5.89 Å². The van der Waals surface area contributed by atoms with Crippen molar-refractivity contribution >= 4 is 5.96 Å². The summed E-state index contributed by atoms with van der Waals surface area (Å²) in [6.45, 7) is 5.60. The van der Waals surface area contributed by atoms with Gasteiger partial charge in [0.1, 0.15) is 23.4 Å². The second-order valence-electron chi connectivity index (χ2n) is 5.49. The van der Waals surface area contributed by atoms with Crippen molar-refractivity contribution < 1.29 is 8.94 Å². The maximum atomic E-state index is 5.53. The number of benzene rings is 1.